The lowest BCUT2D eigenvalue weighted by atomic mass is 9.88. The van der Waals surface area contributed by atoms with Gasteiger partial charge >= 0.3 is 12.0 Å². The first kappa shape index (κ1) is 19.7. The maximum Gasteiger partial charge on any atom is 0.314 e. The molecule has 124 valence electrons. The molecule has 0 saturated carbocycles. The van der Waals surface area contributed by atoms with Gasteiger partial charge in [-0.1, -0.05) is 6.92 Å². The number of carboxylic acids is 1. The molecular formula is C15H31N3O3. The average Bonchev–Trinajstić information content (AvgIpc) is 2.43. The topological polar surface area (TPSA) is 81.7 Å². The highest BCUT2D eigenvalue weighted by Gasteiger charge is 2.31. The number of hydrogen-bond acceptors (Lipinski definition) is 3. The minimum Gasteiger partial charge on any atom is -0.481 e. The van der Waals surface area contributed by atoms with Gasteiger partial charge in [0.2, 0.25) is 0 Å². The number of aliphatic carboxylic acids is 1. The number of amides is 2. The second-order valence-electron chi connectivity index (χ2n) is 6.11. The summed E-state index contributed by atoms with van der Waals surface area (Å²) >= 11 is 0. The first-order chi connectivity index (χ1) is 9.73. The second-order valence-corrected chi connectivity index (χ2v) is 6.11. The second kappa shape index (κ2) is 9.60. The van der Waals surface area contributed by atoms with Gasteiger partial charge in [0.15, 0.2) is 0 Å². The molecule has 0 aromatic carbocycles. The Hall–Kier alpha value is -1.30. The van der Waals surface area contributed by atoms with Crippen LogP contribution in [0, 0.1) is 5.41 Å². The third-order valence-electron chi connectivity index (χ3n) is 4.04. The molecule has 0 radical (unpaired) electrons. The van der Waals surface area contributed by atoms with Crippen molar-refractivity contribution in [2.24, 2.45) is 5.41 Å². The summed E-state index contributed by atoms with van der Waals surface area (Å²) in [5, 5.41) is 14.5. The Bertz CT molecular complexity index is 334. The van der Waals surface area contributed by atoms with Gasteiger partial charge in [-0.3, -0.25) is 4.79 Å². The van der Waals surface area contributed by atoms with E-state index in [1.165, 1.54) is 0 Å². The normalized spacial score (nSPS) is 14.0. The number of carbonyl (C=O) groups excluding carboxylic acids is 1. The molecule has 0 aliphatic heterocycles. The number of urea groups is 1. The van der Waals surface area contributed by atoms with Crippen LogP contribution < -0.4 is 10.6 Å². The Morgan fingerprint density at radius 3 is 2.33 bits per heavy atom. The molecule has 0 saturated heterocycles. The molecule has 0 aromatic rings. The van der Waals surface area contributed by atoms with Crippen LogP contribution in [0.2, 0.25) is 0 Å². The van der Waals surface area contributed by atoms with E-state index in [0.717, 1.165) is 19.4 Å². The van der Waals surface area contributed by atoms with E-state index in [1.54, 1.807) is 13.8 Å². The molecule has 6 nitrogen and oxygen atoms in total. The Balaban J connectivity index is 3.80. The van der Waals surface area contributed by atoms with Gasteiger partial charge in [0.25, 0.3) is 0 Å². The van der Waals surface area contributed by atoms with Gasteiger partial charge < -0.3 is 20.6 Å². The van der Waals surface area contributed by atoms with Crippen molar-refractivity contribution in [3.05, 3.63) is 0 Å². The molecule has 0 aromatic heterocycles. The predicted octanol–water partition coefficient (Wildman–Crippen LogP) is 1.91. The maximum absolute atomic E-state index is 11.6. The van der Waals surface area contributed by atoms with Crippen LogP contribution in [0.4, 0.5) is 4.79 Å². The third-order valence-corrected chi connectivity index (χ3v) is 4.04. The van der Waals surface area contributed by atoms with E-state index in [-0.39, 0.29) is 12.6 Å². The first-order valence-electron chi connectivity index (χ1n) is 7.68. The van der Waals surface area contributed by atoms with Crippen LogP contribution in [-0.2, 0) is 4.79 Å². The van der Waals surface area contributed by atoms with E-state index >= 15 is 0 Å². The lowest BCUT2D eigenvalue weighted by Crippen LogP contribution is -2.44. The summed E-state index contributed by atoms with van der Waals surface area (Å²) in [5.41, 5.74) is -0.905. The van der Waals surface area contributed by atoms with Crippen molar-refractivity contribution in [1.82, 2.24) is 15.5 Å². The zero-order valence-electron chi connectivity index (χ0n) is 14.0. The minimum atomic E-state index is -0.905. The van der Waals surface area contributed by atoms with Crippen LogP contribution in [0.1, 0.15) is 47.0 Å². The summed E-state index contributed by atoms with van der Waals surface area (Å²) in [6, 6.07) is 0.233. The van der Waals surface area contributed by atoms with Gasteiger partial charge in [0, 0.05) is 19.1 Å². The summed E-state index contributed by atoms with van der Waals surface area (Å²) in [7, 11) is 2.09. The number of hydrogen-bond donors (Lipinski definition) is 3. The highest BCUT2D eigenvalue weighted by molar-refractivity contribution is 5.77. The Labute approximate surface area is 128 Å². The number of nitrogens with one attached hydrogen (secondary N) is 2. The highest BCUT2D eigenvalue weighted by atomic mass is 16.4. The van der Waals surface area contributed by atoms with Crippen LogP contribution in [0.5, 0.6) is 0 Å². The van der Waals surface area contributed by atoms with Crippen molar-refractivity contribution >= 4 is 12.0 Å². The smallest absolute Gasteiger partial charge is 0.314 e. The number of carboxylic acid groups (broad SMARTS) is 1. The zero-order valence-corrected chi connectivity index (χ0v) is 14.0. The quantitative estimate of drug-likeness (QED) is 0.538. The largest absolute Gasteiger partial charge is 0.481 e. The molecule has 0 rings (SSSR count). The molecule has 0 aliphatic carbocycles. The summed E-state index contributed by atoms with van der Waals surface area (Å²) in [5.74, 6) is -0.887. The van der Waals surface area contributed by atoms with Crippen molar-refractivity contribution < 1.29 is 14.7 Å². The zero-order chi connectivity index (χ0) is 16.5. The Kier molecular flexibility index (Phi) is 9.01. The number of unbranched alkanes of at least 4 members (excludes halogenated alkanes) is 1. The van der Waals surface area contributed by atoms with Gasteiger partial charge in [-0.25, -0.2) is 4.79 Å². The number of rotatable bonds is 10. The summed E-state index contributed by atoms with van der Waals surface area (Å²) in [4.78, 5) is 25.0. The molecule has 0 fully saturated rings. The van der Waals surface area contributed by atoms with Gasteiger partial charge in [-0.05, 0) is 53.6 Å². The monoisotopic (exact) mass is 301 g/mol. The van der Waals surface area contributed by atoms with Crippen LogP contribution in [0.15, 0.2) is 0 Å². The van der Waals surface area contributed by atoms with E-state index in [2.05, 4.69) is 36.4 Å². The van der Waals surface area contributed by atoms with E-state index < -0.39 is 11.4 Å². The van der Waals surface area contributed by atoms with Gasteiger partial charge in [-0.15, -0.1) is 0 Å². The SMILES string of the molecule is CCC(C)(CNC(=O)NCCCCN(C)C(C)C)C(=O)O. The lowest BCUT2D eigenvalue weighted by molar-refractivity contribution is -0.147. The van der Waals surface area contributed by atoms with Crippen molar-refractivity contribution in [2.45, 2.75) is 53.0 Å². The summed E-state index contributed by atoms with van der Waals surface area (Å²) in [6.45, 7) is 9.50. The molecule has 6 heteroatoms. The van der Waals surface area contributed by atoms with Crippen LogP contribution in [0.25, 0.3) is 0 Å². The fourth-order valence-corrected chi connectivity index (χ4v) is 1.64. The van der Waals surface area contributed by atoms with E-state index in [0.29, 0.717) is 19.0 Å². The van der Waals surface area contributed by atoms with Crippen LogP contribution in [-0.4, -0.2) is 54.7 Å². The predicted molar refractivity (Wildman–Crippen MR) is 84.4 cm³/mol. The molecule has 0 heterocycles. The maximum atomic E-state index is 11.6. The van der Waals surface area contributed by atoms with Crippen molar-refractivity contribution in [1.29, 1.82) is 0 Å². The molecular weight excluding hydrogens is 270 g/mol. The number of carbonyl (C=O) groups is 2. The van der Waals surface area contributed by atoms with Gasteiger partial charge in [0.1, 0.15) is 0 Å². The molecule has 2 amide bonds. The molecule has 1 atom stereocenters. The van der Waals surface area contributed by atoms with Crippen molar-refractivity contribution in [3.8, 4) is 0 Å². The fraction of sp³-hybridized carbons (Fsp3) is 0.867. The molecule has 0 spiro atoms. The molecule has 0 aliphatic rings. The Morgan fingerprint density at radius 1 is 1.24 bits per heavy atom. The van der Waals surface area contributed by atoms with E-state index in [4.69, 9.17) is 5.11 Å². The van der Waals surface area contributed by atoms with Gasteiger partial charge in [0.05, 0.1) is 5.41 Å². The standard InChI is InChI=1S/C15H31N3O3/c1-6-15(4,13(19)20)11-17-14(21)16-9-7-8-10-18(5)12(2)3/h12H,6-11H2,1-5H3,(H,19,20)(H2,16,17,21). The van der Waals surface area contributed by atoms with Gasteiger partial charge in [-0.2, -0.15) is 0 Å². The molecule has 21 heavy (non-hydrogen) atoms. The highest BCUT2D eigenvalue weighted by Crippen LogP contribution is 2.19. The summed E-state index contributed by atoms with van der Waals surface area (Å²) in [6.07, 6.45) is 2.41. The van der Waals surface area contributed by atoms with E-state index in [1.807, 2.05) is 0 Å². The average molecular weight is 301 g/mol. The first-order valence-corrected chi connectivity index (χ1v) is 7.68. The molecule has 1 unspecified atom stereocenters. The van der Waals surface area contributed by atoms with Crippen LogP contribution >= 0.6 is 0 Å². The van der Waals surface area contributed by atoms with Crippen molar-refractivity contribution in [3.63, 3.8) is 0 Å². The molecule has 0 bridgehead atoms. The minimum absolute atomic E-state index is 0.140. The van der Waals surface area contributed by atoms with Crippen LogP contribution in [0.3, 0.4) is 0 Å². The van der Waals surface area contributed by atoms with Crippen molar-refractivity contribution in [2.75, 3.05) is 26.7 Å². The molecule has 3 N–H and O–H groups in total. The lowest BCUT2D eigenvalue weighted by Gasteiger charge is -2.23. The Morgan fingerprint density at radius 2 is 1.86 bits per heavy atom. The third kappa shape index (κ3) is 7.90. The number of nitrogens with zero attached hydrogens (tertiary/aromatic N) is 1. The fourth-order valence-electron chi connectivity index (χ4n) is 1.64. The van der Waals surface area contributed by atoms with E-state index in [9.17, 15) is 9.59 Å². The summed E-state index contributed by atoms with van der Waals surface area (Å²) < 4.78 is 0.